The summed E-state index contributed by atoms with van der Waals surface area (Å²) >= 11 is 0. The van der Waals surface area contributed by atoms with Crippen molar-refractivity contribution in [2.75, 3.05) is 0 Å². The molecular formula is C5H12N2O2. The van der Waals surface area contributed by atoms with E-state index < -0.39 is 12.0 Å². The molecule has 0 aromatic heterocycles. The number of rotatable bonds is 4. The van der Waals surface area contributed by atoms with E-state index in [1.807, 2.05) is 6.92 Å². The number of primary amides is 1. The van der Waals surface area contributed by atoms with Crippen molar-refractivity contribution >= 4 is 5.91 Å². The maximum atomic E-state index is 10.3. The highest BCUT2D eigenvalue weighted by molar-refractivity contribution is 5.78. The third-order valence-corrected chi connectivity index (χ3v) is 1.03. The molecule has 0 aliphatic heterocycles. The predicted octanol–water partition coefficient (Wildman–Crippen LogP) is -0.469. The fourth-order valence-corrected chi connectivity index (χ4v) is 0.540. The molecule has 0 rings (SSSR count). The smallest absolute Gasteiger partial charge is 0.248 e. The van der Waals surface area contributed by atoms with Crippen molar-refractivity contribution in [2.45, 2.75) is 25.9 Å². The average molecular weight is 132 g/mol. The fraction of sp³-hybridized carbons (Fsp3) is 0.800. The van der Waals surface area contributed by atoms with Crippen LogP contribution < -0.4 is 11.6 Å². The van der Waals surface area contributed by atoms with Crippen molar-refractivity contribution in [3.8, 4) is 0 Å². The molecule has 4 heteroatoms. The van der Waals surface area contributed by atoms with Crippen LogP contribution in [0, 0.1) is 0 Å². The molecule has 0 saturated heterocycles. The summed E-state index contributed by atoms with van der Waals surface area (Å²) in [5.74, 6) is 4.26. The van der Waals surface area contributed by atoms with E-state index in [0.717, 1.165) is 6.42 Å². The minimum absolute atomic E-state index is 0.501. The third-order valence-electron chi connectivity index (χ3n) is 1.03. The largest absolute Gasteiger partial charge is 0.367 e. The predicted molar refractivity (Wildman–Crippen MR) is 33.2 cm³/mol. The highest BCUT2D eigenvalue weighted by Crippen LogP contribution is 1.96. The van der Waals surface area contributed by atoms with E-state index in [4.69, 9.17) is 11.6 Å². The van der Waals surface area contributed by atoms with Gasteiger partial charge in [0.2, 0.25) is 5.91 Å². The van der Waals surface area contributed by atoms with Crippen LogP contribution in [0.15, 0.2) is 0 Å². The molecule has 0 heterocycles. The van der Waals surface area contributed by atoms with Gasteiger partial charge in [-0.3, -0.25) is 9.63 Å². The van der Waals surface area contributed by atoms with E-state index in [-0.39, 0.29) is 0 Å². The maximum Gasteiger partial charge on any atom is 0.248 e. The van der Waals surface area contributed by atoms with Gasteiger partial charge in [0.25, 0.3) is 0 Å². The first-order valence-corrected chi connectivity index (χ1v) is 2.87. The van der Waals surface area contributed by atoms with E-state index in [9.17, 15) is 4.79 Å². The summed E-state index contributed by atoms with van der Waals surface area (Å²) in [5.41, 5.74) is 4.89. The van der Waals surface area contributed by atoms with Gasteiger partial charge >= 0.3 is 0 Å². The van der Waals surface area contributed by atoms with Gasteiger partial charge in [-0.15, -0.1) is 0 Å². The minimum atomic E-state index is -0.616. The summed E-state index contributed by atoms with van der Waals surface area (Å²) in [6.45, 7) is 1.93. The van der Waals surface area contributed by atoms with Gasteiger partial charge in [-0.2, -0.15) is 0 Å². The third kappa shape index (κ3) is 3.05. The number of hydrogen-bond donors (Lipinski definition) is 2. The Labute approximate surface area is 54.1 Å². The topological polar surface area (TPSA) is 78.3 Å². The maximum absolute atomic E-state index is 10.3. The molecule has 0 radical (unpaired) electrons. The van der Waals surface area contributed by atoms with Crippen LogP contribution in [-0.4, -0.2) is 12.0 Å². The average Bonchev–Trinajstić information content (AvgIpc) is 1.82. The molecule has 0 aliphatic carbocycles. The number of hydrogen-bond acceptors (Lipinski definition) is 3. The van der Waals surface area contributed by atoms with Gasteiger partial charge in [0.05, 0.1) is 0 Å². The summed E-state index contributed by atoms with van der Waals surface area (Å²) < 4.78 is 0. The molecule has 0 bridgehead atoms. The lowest BCUT2D eigenvalue weighted by Gasteiger charge is -2.06. The van der Waals surface area contributed by atoms with Gasteiger partial charge in [-0.05, 0) is 6.42 Å². The molecule has 0 spiro atoms. The normalized spacial score (nSPS) is 13.1. The molecule has 0 aromatic rings. The minimum Gasteiger partial charge on any atom is -0.367 e. The summed E-state index contributed by atoms with van der Waals surface area (Å²) in [6.07, 6.45) is 0.811. The van der Waals surface area contributed by atoms with E-state index in [1.165, 1.54) is 0 Å². The molecular weight excluding hydrogens is 120 g/mol. The van der Waals surface area contributed by atoms with Crippen molar-refractivity contribution in [2.24, 2.45) is 11.6 Å². The van der Waals surface area contributed by atoms with Crippen LogP contribution in [0.25, 0.3) is 0 Å². The second-order valence-electron chi connectivity index (χ2n) is 1.82. The first kappa shape index (κ1) is 8.39. The lowest BCUT2D eigenvalue weighted by atomic mass is 10.2. The standard InChI is InChI=1S/C5H12N2O2/c1-2-3-4(9-7)5(6)8/h4H,2-3,7H2,1H3,(H2,6,8). The highest BCUT2D eigenvalue weighted by Gasteiger charge is 2.12. The molecule has 54 valence electrons. The molecule has 0 aliphatic rings. The lowest BCUT2D eigenvalue weighted by Crippen LogP contribution is -2.33. The van der Waals surface area contributed by atoms with Gasteiger partial charge < -0.3 is 5.73 Å². The Bertz CT molecular complexity index is 95.0. The molecule has 0 saturated carbocycles. The Hall–Kier alpha value is -0.610. The van der Waals surface area contributed by atoms with E-state index >= 15 is 0 Å². The second-order valence-corrected chi connectivity index (χ2v) is 1.82. The summed E-state index contributed by atoms with van der Waals surface area (Å²) in [5, 5.41) is 0. The Kier molecular flexibility index (Phi) is 4.00. The van der Waals surface area contributed by atoms with Crippen LogP contribution in [0.5, 0.6) is 0 Å². The zero-order valence-electron chi connectivity index (χ0n) is 5.46. The molecule has 4 N–H and O–H groups in total. The van der Waals surface area contributed by atoms with Gasteiger partial charge in [-0.1, -0.05) is 13.3 Å². The fourth-order valence-electron chi connectivity index (χ4n) is 0.540. The van der Waals surface area contributed by atoms with E-state index in [2.05, 4.69) is 4.84 Å². The van der Waals surface area contributed by atoms with E-state index in [0.29, 0.717) is 6.42 Å². The van der Waals surface area contributed by atoms with Gasteiger partial charge in [0.1, 0.15) is 0 Å². The Morgan fingerprint density at radius 3 is 2.44 bits per heavy atom. The zero-order chi connectivity index (χ0) is 7.28. The lowest BCUT2D eigenvalue weighted by molar-refractivity contribution is -0.130. The highest BCUT2D eigenvalue weighted by atomic mass is 16.6. The van der Waals surface area contributed by atoms with Gasteiger partial charge in [-0.25, -0.2) is 5.90 Å². The first-order valence-electron chi connectivity index (χ1n) is 2.87. The molecule has 1 amide bonds. The van der Waals surface area contributed by atoms with Crippen molar-refractivity contribution in [3.05, 3.63) is 0 Å². The molecule has 0 fully saturated rings. The van der Waals surface area contributed by atoms with Crippen molar-refractivity contribution in [3.63, 3.8) is 0 Å². The van der Waals surface area contributed by atoms with Crippen LogP contribution >= 0.6 is 0 Å². The Morgan fingerprint density at radius 2 is 2.33 bits per heavy atom. The van der Waals surface area contributed by atoms with Gasteiger partial charge in [0, 0.05) is 0 Å². The van der Waals surface area contributed by atoms with Gasteiger partial charge in [0.15, 0.2) is 6.10 Å². The van der Waals surface area contributed by atoms with Crippen molar-refractivity contribution in [1.29, 1.82) is 0 Å². The van der Waals surface area contributed by atoms with Crippen LogP contribution in [-0.2, 0) is 9.63 Å². The monoisotopic (exact) mass is 132 g/mol. The first-order chi connectivity index (χ1) is 4.22. The summed E-state index contributed by atoms with van der Waals surface area (Å²) in [7, 11) is 0. The quantitative estimate of drug-likeness (QED) is 0.507. The second kappa shape index (κ2) is 4.29. The molecule has 9 heavy (non-hydrogen) atoms. The summed E-state index contributed by atoms with van der Waals surface area (Å²) in [4.78, 5) is 14.6. The molecule has 1 unspecified atom stereocenters. The molecule has 1 atom stereocenters. The van der Waals surface area contributed by atoms with Crippen molar-refractivity contribution in [1.82, 2.24) is 0 Å². The zero-order valence-corrected chi connectivity index (χ0v) is 5.46. The Balaban J connectivity index is 3.54. The number of amides is 1. The number of nitrogens with two attached hydrogens (primary N) is 2. The summed E-state index contributed by atoms with van der Waals surface area (Å²) in [6, 6.07) is 0. The Morgan fingerprint density at radius 1 is 1.78 bits per heavy atom. The van der Waals surface area contributed by atoms with Crippen LogP contribution in [0.3, 0.4) is 0 Å². The van der Waals surface area contributed by atoms with Crippen LogP contribution in [0.2, 0.25) is 0 Å². The molecule has 0 aromatic carbocycles. The molecule has 4 nitrogen and oxygen atoms in total. The van der Waals surface area contributed by atoms with Crippen LogP contribution in [0.1, 0.15) is 19.8 Å². The number of carbonyl (C=O) groups excluding carboxylic acids is 1. The van der Waals surface area contributed by atoms with Crippen molar-refractivity contribution < 1.29 is 9.63 Å². The van der Waals surface area contributed by atoms with E-state index in [1.54, 1.807) is 0 Å². The van der Waals surface area contributed by atoms with Crippen LogP contribution in [0.4, 0.5) is 0 Å². The SMILES string of the molecule is CCCC(ON)C(N)=O. The number of carbonyl (C=O) groups is 1.